The number of esters is 1. The molecule has 53 heavy (non-hydrogen) atoms. The minimum atomic E-state index is -4.28. The number of nitrogens with zero attached hydrogens (tertiary/aromatic N) is 1. The number of rotatable bonds is 40. The van der Waals surface area contributed by atoms with E-state index >= 15 is 0 Å². The number of quaternary nitrogens is 1. The lowest BCUT2D eigenvalue weighted by Crippen LogP contribution is -2.37. The molecule has 2 unspecified atom stereocenters. The van der Waals surface area contributed by atoms with E-state index in [1.165, 1.54) is 103 Å². The van der Waals surface area contributed by atoms with E-state index in [1.807, 2.05) is 21.1 Å². The SMILES string of the molecule is CCCCCC=CCC=CCC=CCCCCCCC(=O)OC(COCCCCCCCCCCCCCCCC)COP(=O)(O)OCC[N+](C)(C)C. The van der Waals surface area contributed by atoms with Crippen molar-refractivity contribution < 1.29 is 37.3 Å². The quantitative estimate of drug-likeness (QED) is 0.0218. The second kappa shape index (κ2) is 37.6. The predicted octanol–water partition coefficient (Wildman–Crippen LogP) is 12.6. The van der Waals surface area contributed by atoms with Gasteiger partial charge >= 0.3 is 13.8 Å². The first-order valence-electron chi connectivity index (χ1n) is 21.7. The van der Waals surface area contributed by atoms with E-state index in [0.29, 0.717) is 24.1 Å². The zero-order valence-electron chi connectivity index (χ0n) is 35.3. The van der Waals surface area contributed by atoms with Gasteiger partial charge in [0.25, 0.3) is 0 Å². The lowest BCUT2D eigenvalue weighted by Gasteiger charge is -2.24. The fourth-order valence-corrected chi connectivity index (χ4v) is 6.54. The minimum Gasteiger partial charge on any atom is -0.457 e. The molecular formula is C44H85NO7P+. The van der Waals surface area contributed by atoms with Crippen molar-refractivity contribution in [2.24, 2.45) is 0 Å². The maximum Gasteiger partial charge on any atom is 0.472 e. The summed E-state index contributed by atoms with van der Waals surface area (Å²) in [6, 6.07) is 0. The summed E-state index contributed by atoms with van der Waals surface area (Å²) in [4.78, 5) is 22.9. The van der Waals surface area contributed by atoms with Crippen LogP contribution < -0.4 is 0 Å². The average Bonchev–Trinajstić information content (AvgIpc) is 3.11. The average molecular weight is 771 g/mol. The third kappa shape index (κ3) is 41.7. The number of unbranched alkanes of at least 4 members (excludes halogenated alkanes) is 20. The van der Waals surface area contributed by atoms with E-state index in [9.17, 15) is 14.3 Å². The number of hydrogen-bond donors (Lipinski definition) is 1. The first-order valence-corrected chi connectivity index (χ1v) is 23.2. The van der Waals surface area contributed by atoms with E-state index < -0.39 is 13.9 Å². The van der Waals surface area contributed by atoms with Crippen LogP contribution >= 0.6 is 7.82 Å². The third-order valence-corrected chi connectivity index (χ3v) is 10.2. The van der Waals surface area contributed by atoms with Crippen molar-refractivity contribution in [3.05, 3.63) is 36.5 Å². The molecule has 0 aliphatic heterocycles. The van der Waals surface area contributed by atoms with Crippen molar-refractivity contribution in [1.29, 1.82) is 0 Å². The Morgan fingerprint density at radius 2 is 1.04 bits per heavy atom. The van der Waals surface area contributed by atoms with Gasteiger partial charge in [-0.25, -0.2) is 4.57 Å². The zero-order valence-corrected chi connectivity index (χ0v) is 36.1. The molecule has 0 amide bonds. The van der Waals surface area contributed by atoms with Crippen LogP contribution in [0.3, 0.4) is 0 Å². The molecule has 0 fully saturated rings. The molecule has 0 radical (unpaired) electrons. The summed E-state index contributed by atoms with van der Waals surface area (Å²) in [6.45, 7) is 5.58. The normalized spacial score (nSPS) is 14.2. The van der Waals surface area contributed by atoms with Crippen LogP contribution in [0, 0.1) is 0 Å². The highest BCUT2D eigenvalue weighted by molar-refractivity contribution is 7.47. The Morgan fingerprint density at radius 1 is 0.585 bits per heavy atom. The molecule has 0 aliphatic rings. The summed E-state index contributed by atoms with van der Waals surface area (Å²) in [5.74, 6) is -0.333. The van der Waals surface area contributed by atoms with Crippen LogP contribution in [-0.4, -0.2) is 75.6 Å². The fourth-order valence-electron chi connectivity index (χ4n) is 5.79. The number of phosphoric acid groups is 1. The van der Waals surface area contributed by atoms with Gasteiger partial charge in [0.05, 0.1) is 34.4 Å². The van der Waals surface area contributed by atoms with E-state index in [-0.39, 0.29) is 25.8 Å². The van der Waals surface area contributed by atoms with E-state index in [4.69, 9.17) is 18.5 Å². The highest BCUT2D eigenvalue weighted by atomic mass is 31.2. The monoisotopic (exact) mass is 771 g/mol. The van der Waals surface area contributed by atoms with Crippen molar-refractivity contribution >= 4 is 13.8 Å². The van der Waals surface area contributed by atoms with Gasteiger partial charge in [-0.15, -0.1) is 0 Å². The Hall–Kier alpha value is -1.28. The second-order valence-electron chi connectivity index (χ2n) is 15.7. The molecule has 9 heteroatoms. The first-order chi connectivity index (χ1) is 25.6. The minimum absolute atomic E-state index is 0.0846. The van der Waals surface area contributed by atoms with Gasteiger partial charge in [0.1, 0.15) is 19.3 Å². The van der Waals surface area contributed by atoms with Crippen LogP contribution in [0.2, 0.25) is 0 Å². The summed E-state index contributed by atoms with van der Waals surface area (Å²) in [6.07, 6.45) is 43.1. The van der Waals surface area contributed by atoms with Gasteiger partial charge in [-0.1, -0.05) is 159 Å². The van der Waals surface area contributed by atoms with Crippen molar-refractivity contribution in [3.63, 3.8) is 0 Å². The van der Waals surface area contributed by atoms with Crippen LogP contribution in [0.15, 0.2) is 36.5 Å². The van der Waals surface area contributed by atoms with Gasteiger partial charge in [0, 0.05) is 13.0 Å². The second-order valence-corrected chi connectivity index (χ2v) is 17.2. The van der Waals surface area contributed by atoms with E-state index in [2.05, 4.69) is 50.3 Å². The largest absolute Gasteiger partial charge is 0.472 e. The van der Waals surface area contributed by atoms with Crippen molar-refractivity contribution in [3.8, 4) is 0 Å². The highest BCUT2D eigenvalue weighted by Gasteiger charge is 2.26. The molecule has 1 N–H and O–H groups in total. The van der Waals surface area contributed by atoms with Gasteiger partial charge in [0.15, 0.2) is 0 Å². The number of carbonyl (C=O) groups is 1. The van der Waals surface area contributed by atoms with Gasteiger partial charge in [0.2, 0.25) is 0 Å². The van der Waals surface area contributed by atoms with Gasteiger partial charge in [-0.3, -0.25) is 13.8 Å². The number of likely N-dealkylation sites (N-methyl/N-ethyl adjacent to an activating group) is 1. The zero-order chi connectivity index (χ0) is 39.1. The lowest BCUT2D eigenvalue weighted by atomic mass is 10.0. The van der Waals surface area contributed by atoms with Crippen LogP contribution in [0.1, 0.15) is 181 Å². The Labute approximate surface area is 327 Å². The molecule has 312 valence electrons. The summed E-state index contributed by atoms with van der Waals surface area (Å²) in [5, 5.41) is 0. The van der Waals surface area contributed by atoms with E-state index in [1.54, 1.807) is 0 Å². The molecule has 0 saturated heterocycles. The number of hydrogen-bond acceptors (Lipinski definition) is 6. The highest BCUT2D eigenvalue weighted by Crippen LogP contribution is 2.43. The smallest absolute Gasteiger partial charge is 0.457 e. The third-order valence-electron chi connectivity index (χ3n) is 9.20. The molecule has 0 saturated carbocycles. The van der Waals surface area contributed by atoms with Crippen molar-refractivity contribution in [2.75, 3.05) is 54.1 Å². The van der Waals surface area contributed by atoms with Crippen LogP contribution in [0.25, 0.3) is 0 Å². The van der Waals surface area contributed by atoms with Crippen LogP contribution in [0.4, 0.5) is 0 Å². The van der Waals surface area contributed by atoms with Gasteiger partial charge in [-0.2, -0.15) is 0 Å². The maximum absolute atomic E-state index is 12.7. The number of carbonyl (C=O) groups excluding carboxylic acids is 1. The van der Waals surface area contributed by atoms with Gasteiger partial charge < -0.3 is 18.9 Å². The summed E-state index contributed by atoms with van der Waals surface area (Å²) in [7, 11) is 1.65. The summed E-state index contributed by atoms with van der Waals surface area (Å²) >= 11 is 0. The van der Waals surface area contributed by atoms with Crippen molar-refractivity contribution in [2.45, 2.75) is 187 Å². The molecule has 0 rings (SSSR count). The molecule has 8 nitrogen and oxygen atoms in total. The lowest BCUT2D eigenvalue weighted by molar-refractivity contribution is -0.870. The molecule has 0 spiro atoms. The van der Waals surface area contributed by atoms with Crippen LogP contribution in [0.5, 0.6) is 0 Å². The summed E-state index contributed by atoms with van der Waals surface area (Å²) in [5.41, 5.74) is 0. The Balaban J connectivity index is 4.29. The summed E-state index contributed by atoms with van der Waals surface area (Å²) < 4.78 is 35.0. The number of ether oxygens (including phenoxy) is 2. The Kier molecular flexibility index (Phi) is 36.7. The molecule has 0 bridgehead atoms. The molecule has 0 aromatic carbocycles. The standard InChI is InChI=1S/C44H84NO7P/c1-6-8-10-12-14-16-18-20-22-23-24-25-27-29-31-33-35-37-44(46)52-43(42-51-53(47,48)50-40-38-45(3,4)5)41-49-39-36-34-32-30-28-26-21-19-17-15-13-11-9-7-2/h14,16,20,22,24-25,43H,6-13,15,17-19,21,23,26-42H2,1-5H3/p+1. The molecule has 0 aromatic rings. The first kappa shape index (κ1) is 51.7. The Morgan fingerprint density at radius 3 is 1.58 bits per heavy atom. The molecular weight excluding hydrogens is 685 g/mol. The predicted molar refractivity (Wildman–Crippen MR) is 224 cm³/mol. The molecule has 0 aliphatic carbocycles. The fraction of sp³-hybridized carbons (Fsp3) is 0.841. The molecule has 0 heterocycles. The maximum atomic E-state index is 12.7. The molecule has 2 atom stereocenters. The molecule has 0 aromatic heterocycles. The Bertz CT molecular complexity index is 947. The topological polar surface area (TPSA) is 91.3 Å². The van der Waals surface area contributed by atoms with Crippen molar-refractivity contribution in [1.82, 2.24) is 0 Å². The van der Waals surface area contributed by atoms with Crippen LogP contribution in [-0.2, 0) is 27.9 Å². The number of phosphoric ester groups is 1. The van der Waals surface area contributed by atoms with Gasteiger partial charge in [-0.05, 0) is 51.4 Å². The number of allylic oxidation sites excluding steroid dienone is 6. The van der Waals surface area contributed by atoms with E-state index in [0.717, 1.165) is 57.8 Å².